The van der Waals surface area contributed by atoms with Gasteiger partial charge in [-0.2, -0.15) is 0 Å². The third-order valence-electron chi connectivity index (χ3n) is 3.54. The SMILES string of the molecule is COC(=O)C(Br)c1ccc(F)c(Br)c1.COC(=O)C(OC)c1ccc(F)c(Br)c1. The lowest BCUT2D eigenvalue weighted by atomic mass is 10.1. The fourth-order valence-corrected chi connectivity index (χ4v) is 3.33. The fraction of sp³-hybridized carbons (Fsp3) is 0.263. The first-order valence-electron chi connectivity index (χ1n) is 7.88. The number of carbonyl (C=O) groups excluding carboxylic acids is 2. The molecule has 0 amide bonds. The van der Waals surface area contributed by atoms with Crippen molar-refractivity contribution >= 4 is 59.7 Å². The maximum absolute atomic E-state index is 12.9. The summed E-state index contributed by atoms with van der Waals surface area (Å²) in [6, 6.07) is 8.57. The van der Waals surface area contributed by atoms with Crippen molar-refractivity contribution in [2.75, 3.05) is 21.3 Å². The quantitative estimate of drug-likeness (QED) is 0.327. The monoisotopic (exact) mass is 600 g/mol. The second-order valence-electron chi connectivity index (χ2n) is 5.37. The Bertz CT molecular complexity index is 864. The number of alkyl halides is 1. The van der Waals surface area contributed by atoms with Gasteiger partial charge in [-0.15, -0.1) is 0 Å². The normalized spacial score (nSPS) is 12.3. The first kappa shape index (κ1) is 25.7. The molecule has 0 saturated carbocycles. The van der Waals surface area contributed by atoms with Crippen molar-refractivity contribution in [1.29, 1.82) is 0 Å². The summed E-state index contributed by atoms with van der Waals surface area (Å²) in [5, 5.41) is 0. The molecular formula is C19H17Br3F2O5. The van der Waals surface area contributed by atoms with Crippen molar-refractivity contribution < 1.29 is 32.6 Å². The van der Waals surface area contributed by atoms with Gasteiger partial charge in [0.15, 0.2) is 6.10 Å². The molecule has 0 saturated heterocycles. The molecule has 0 heterocycles. The van der Waals surface area contributed by atoms with Crippen molar-refractivity contribution in [2.24, 2.45) is 0 Å². The van der Waals surface area contributed by atoms with Gasteiger partial charge in [0.25, 0.3) is 0 Å². The number of ether oxygens (including phenoxy) is 3. The molecule has 0 spiro atoms. The molecule has 2 atom stereocenters. The molecule has 10 heteroatoms. The Morgan fingerprint density at radius 3 is 1.69 bits per heavy atom. The van der Waals surface area contributed by atoms with Crippen LogP contribution in [0.3, 0.4) is 0 Å². The second kappa shape index (κ2) is 12.4. The van der Waals surface area contributed by atoms with Crippen molar-refractivity contribution in [1.82, 2.24) is 0 Å². The number of esters is 2. The summed E-state index contributed by atoms with van der Waals surface area (Å²) in [7, 11) is 3.96. The van der Waals surface area contributed by atoms with E-state index in [1.807, 2.05) is 0 Å². The number of hydrogen-bond acceptors (Lipinski definition) is 5. The van der Waals surface area contributed by atoms with E-state index in [1.165, 1.54) is 57.7 Å². The van der Waals surface area contributed by atoms with Crippen molar-refractivity contribution in [3.05, 3.63) is 68.1 Å². The van der Waals surface area contributed by atoms with E-state index >= 15 is 0 Å². The van der Waals surface area contributed by atoms with E-state index in [9.17, 15) is 18.4 Å². The largest absolute Gasteiger partial charge is 0.468 e. The van der Waals surface area contributed by atoms with Crippen molar-refractivity contribution in [3.63, 3.8) is 0 Å². The van der Waals surface area contributed by atoms with Gasteiger partial charge in [-0.25, -0.2) is 13.6 Å². The van der Waals surface area contributed by atoms with Gasteiger partial charge in [-0.3, -0.25) is 4.79 Å². The summed E-state index contributed by atoms with van der Waals surface area (Å²) in [6.07, 6.45) is -0.827. The van der Waals surface area contributed by atoms with Crippen LogP contribution >= 0.6 is 47.8 Å². The van der Waals surface area contributed by atoms with Crippen LogP contribution in [0.25, 0.3) is 0 Å². The van der Waals surface area contributed by atoms with E-state index in [2.05, 4.69) is 57.3 Å². The van der Waals surface area contributed by atoms with E-state index in [0.29, 0.717) is 15.6 Å². The third-order valence-corrected chi connectivity index (χ3v) is 5.66. The fourth-order valence-electron chi connectivity index (χ4n) is 2.06. The molecule has 5 nitrogen and oxygen atoms in total. The standard InChI is InChI=1S/C10H10BrFO3.C9H7Br2FO2/c1-14-9(10(13)15-2)6-3-4-8(12)7(11)5-6;1-14-9(13)8(11)5-2-3-7(12)6(10)4-5/h3-5,9H,1-2H3;2-4,8H,1H3. The number of benzene rings is 2. The van der Waals surface area contributed by atoms with Gasteiger partial charge in [-0.05, 0) is 67.3 Å². The summed E-state index contributed by atoms with van der Waals surface area (Å²) < 4.78 is 40.5. The van der Waals surface area contributed by atoms with E-state index in [0.717, 1.165) is 0 Å². The highest BCUT2D eigenvalue weighted by Gasteiger charge is 2.21. The maximum atomic E-state index is 12.9. The van der Waals surface area contributed by atoms with Gasteiger partial charge in [0.2, 0.25) is 0 Å². The zero-order valence-corrected chi connectivity index (χ0v) is 20.3. The smallest absolute Gasteiger partial charge is 0.339 e. The van der Waals surface area contributed by atoms with Crippen molar-refractivity contribution in [3.8, 4) is 0 Å². The van der Waals surface area contributed by atoms with Gasteiger partial charge in [-0.1, -0.05) is 28.1 Å². The summed E-state index contributed by atoms with van der Waals surface area (Å²) in [5.41, 5.74) is 1.18. The lowest BCUT2D eigenvalue weighted by molar-refractivity contribution is -0.152. The minimum atomic E-state index is -0.827. The molecule has 0 fully saturated rings. The van der Waals surface area contributed by atoms with E-state index in [4.69, 9.17) is 4.74 Å². The van der Waals surface area contributed by atoms with Crippen LogP contribution in [0.5, 0.6) is 0 Å². The molecule has 0 aliphatic carbocycles. The van der Waals surface area contributed by atoms with Crippen LogP contribution in [0.2, 0.25) is 0 Å². The van der Waals surface area contributed by atoms with Crippen LogP contribution in [0.4, 0.5) is 8.78 Å². The Balaban J connectivity index is 0.000000291. The Morgan fingerprint density at radius 2 is 1.28 bits per heavy atom. The van der Waals surface area contributed by atoms with Gasteiger partial charge in [0, 0.05) is 7.11 Å². The Labute approximate surface area is 192 Å². The molecule has 0 N–H and O–H groups in total. The Hall–Kier alpha value is -1.36. The lowest BCUT2D eigenvalue weighted by Gasteiger charge is -2.13. The van der Waals surface area contributed by atoms with Crippen molar-refractivity contribution in [2.45, 2.75) is 10.9 Å². The maximum Gasteiger partial charge on any atom is 0.339 e. The zero-order valence-electron chi connectivity index (χ0n) is 15.5. The van der Waals surface area contributed by atoms with E-state index in [-0.39, 0.29) is 10.3 Å². The zero-order chi connectivity index (χ0) is 22.1. The van der Waals surface area contributed by atoms with Gasteiger partial charge in [0.1, 0.15) is 16.5 Å². The molecule has 29 heavy (non-hydrogen) atoms. The Kier molecular flexibility index (Phi) is 10.9. The summed E-state index contributed by atoms with van der Waals surface area (Å²) in [5.74, 6) is -1.68. The van der Waals surface area contributed by atoms with Gasteiger partial charge >= 0.3 is 11.9 Å². The average molecular weight is 603 g/mol. The number of methoxy groups -OCH3 is 3. The molecular weight excluding hydrogens is 586 g/mol. The van der Waals surface area contributed by atoms with Crippen LogP contribution in [-0.4, -0.2) is 33.3 Å². The van der Waals surface area contributed by atoms with Crippen LogP contribution in [0.1, 0.15) is 22.1 Å². The minimum absolute atomic E-state index is 0.283. The highest BCUT2D eigenvalue weighted by Crippen LogP contribution is 2.28. The molecule has 0 radical (unpaired) electrons. The number of hydrogen-bond donors (Lipinski definition) is 0. The van der Waals surface area contributed by atoms with Gasteiger partial charge < -0.3 is 14.2 Å². The van der Waals surface area contributed by atoms with Crippen LogP contribution < -0.4 is 0 Å². The lowest BCUT2D eigenvalue weighted by Crippen LogP contribution is -2.16. The number of rotatable bonds is 5. The van der Waals surface area contributed by atoms with Gasteiger partial charge in [0.05, 0.1) is 23.2 Å². The molecule has 2 aromatic carbocycles. The highest BCUT2D eigenvalue weighted by molar-refractivity contribution is 9.11. The number of halogens is 5. The summed E-state index contributed by atoms with van der Waals surface area (Å²) >= 11 is 9.22. The average Bonchev–Trinajstić information content (AvgIpc) is 2.72. The number of carbonyl (C=O) groups is 2. The molecule has 0 bridgehead atoms. The minimum Gasteiger partial charge on any atom is -0.468 e. The summed E-state index contributed by atoms with van der Waals surface area (Å²) in [4.78, 5) is 21.8. The van der Waals surface area contributed by atoms with Crippen LogP contribution in [-0.2, 0) is 23.8 Å². The van der Waals surface area contributed by atoms with Crippen LogP contribution in [0.15, 0.2) is 45.3 Å². The first-order chi connectivity index (χ1) is 13.7. The van der Waals surface area contributed by atoms with Crippen LogP contribution in [0, 0.1) is 11.6 Å². The topological polar surface area (TPSA) is 61.8 Å². The summed E-state index contributed by atoms with van der Waals surface area (Å²) in [6.45, 7) is 0. The van der Waals surface area contributed by atoms with E-state index < -0.39 is 28.7 Å². The molecule has 0 aromatic heterocycles. The predicted octanol–water partition coefficient (Wildman–Crippen LogP) is 5.65. The highest BCUT2D eigenvalue weighted by atomic mass is 79.9. The molecule has 158 valence electrons. The Morgan fingerprint density at radius 1 is 0.828 bits per heavy atom. The second-order valence-corrected chi connectivity index (χ2v) is 8.00. The molecule has 2 unspecified atom stereocenters. The predicted molar refractivity (Wildman–Crippen MR) is 114 cm³/mol. The van der Waals surface area contributed by atoms with E-state index in [1.54, 1.807) is 0 Å². The molecule has 0 aliphatic heterocycles. The molecule has 2 rings (SSSR count). The molecule has 0 aliphatic rings. The third kappa shape index (κ3) is 7.44. The first-order valence-corrected chi connectivity index (χ1v) is 10.4. The molecule has 2 aromatic rings.